The predicted octanol–water partition coefficient (Wildman–Crippen LogP) is 0.851. The summed E-state index contributed by atoms with van der Waals surface area (Å²) < 4.78 is 1.73. The second kappa shape index (κ2) is 3.48. The summed E-state index contributed by atoms with van der Waals surface area (Å²) in [5, 5.41) is 19.9. The lowest BCUT2D eigenvalue weighted by Gasteiger charge is -2.13. The third-order valence-electron chi connectivity index (χ3n) is 2.37. The monoisotopic (exact) mass is 264 g/mol. The summed E-state index contributed by atoms with van der Waals surface area (Å²) in [6.45, 7) is 6.19. The van der Waals surface area contributed by atoms with E-state index in [1.165, 1.54) is 11.3 Å². The summed E-state index contributed by atoms with van der Waals surface area (Å²) in [4.78, 5) is 4.77. The van der Waals surface area contributed by atoms with E-state index in [9.17, 15) is 0 Å². The fourth-order valence-electron chi connectivity index (χ4n) is 1.55. The second-order valence-electron chi connectivity index (χ2n) is 4.92. The lowest BCUT2D eigenvalue weighted by atomic mass is 9.96. The van der Waals surface area contributed by atoms with Crippen LogP contribution in [-0.2, 0) is 5.41 Å². The average Bonchev–Trinajstić information content (AvgIpc) is 2.87. The molecule has 18 heavy (non-hydrogen) atoms. The van der Waals surface area contributed by atoms with Crippen molar-refractivity contribution in [2.24, 2.45) is 0 Å². The van der Waals surface area contributed by atoms with Crippen LogP contribution < -0.4 is 5.73 Å². The number of aromatic nitrogens is 7. The Morgan fingerprint density at radius 2 is 2.06 bits per heavy atom. The lowest BCUT2D eigenvalue weighted by molar-refractivity contribution is 0.528. The molecule has 0 unspecified atom stereocenters. The number of nitrogen functional groups attached to an aromatic ring is 1. The van der Waals surface area contributed by atoms with Crippen LogP contribution in [0.3, 0.4) is 0 Å². The van der Waals surface area contributed by atoms with Crippen molar-refractivity contribution in [3.05, 3.63) is 5.82 Å². The first kappa shape index (κ1) is 11.1. The minimum atomic E-state index is -0.120. The summed E-state index contributed by atoms with van der Waals surface area (Å²) in [5.74, 6) is 1.56. The van der Waals surface area contributed by atoms with Gasteiger partial charge in [-0.2, -0.15) is 9.50 Å². The Bertz CT molecular complexity index is 700. The highest BCUT2D eigenvalue weighted by molar-refractivity contribution is 7.19. The fraction of sp³-hybridized carbons (Fsp3) is 0.444. The first-order valence-corrected chi connectivity index (χ1v) is 6.18. The number of aromatic amines is 1. The topological polar surface area (TPSA) is 111 Å². The van der Waals surface area contributed by atoms with Gasteiger partial charge in [-0.25, -0.2) is 0 Å². The standard InChI is InChI=1S/C9H12N8S/c1-9(2,3)6-13-15-8-17(6)16-5(18-8)4-11-7(10)14-12-4/h1-3H3,(H3,10,11,12,14). The Labute approximate surface area is 106 Å². The molecule has 3 aromatic heterocycles. The summed E-state index contributed by atoms with van der Waals surface area (Å²) >= 11 is 1.39. The van der Waals surface area contributed by atoms with Crippen molar-refractivity contribution in [3.8, 4) is 10.8 Å². The van der Waals surface area contributed by atoms with Gasteiger partial charge in [-0.3, -0.25) is 5.10 Å². The van der Waals surface area contributed by atoms with Gasteiger partial charge in [0.05, 0.1) is 0 Å². The quantitative estimate of drug-likeness (QED) is 0.674. The van der Waals surface area contributed by atoms with Gasteiger partial charge in [0, 0.05) is 5.41 Å². The zero-order valence-corrected chi connectivity index (χ0v) is 11.0. The SMILES string of the molecule is CC(C)(C)c1nnc2sc(-c3nc(N)n[nH]3)nn12. The van der Waals surface area contributed by atoms with Crippen LogP contribution in [0.25, 0.3) is 15.8 Å². The molecule has 0 aromatic carbocycles. The molecule has 3 aromatic rings. The van der Waals surface area contributed by atoms with Crippen molar-refractivity contribution < 1.29 is 0 Å². The summed E-state index contributed by atoms with van der Waals surface area (Å²) in [5.41, 5.74) is 5.35. The summed E-state index contributed by atoms with van der Waals surface area (Å²) in [7, 11) is 0. The highest BCUT2D eigenvalue weighted by Gasteiger charge is 2.24. The maximum Gasteiger partial charge on any atom is 0.239 e. The van der Waals surface area contributed by atoms with Crippen LogP contribution in [0.1, 0.15) is 26.6 Å². The Morgan fingerprint density at radius 3 is 2.67 bits per heavy atom. The Balaban J connectivity index is 2.15. The van der Waals surface area contributed by atoms with Crippen LogP contribution in [-0.4, -0.2) is 35.0 Å². The van der Waals surface area contributed by atoms with Gasteiger partial charge in [0.15, 0.2) is 16.7 Å². The smallest absolute Gasteiger partial charge is 0.239 e. The highest BCUT2D eigenvalue weighted by atomic mass is 32.1. The van der Waals surface area contributed by atoms with Crippen LogP contribution in [0.5, 0.6) is 0 Å². The molecule has 3 heterocycles. The number of nitrogens with two attached hydrogens (primary N) is 1. The normalized spacial score (nSPS) is 12.4. The predicted molar refractivity (Wildman–Crippen MR) is 67.1 cm³/mol. The molecule has 94 valence electrons. The average molecular weight is 264 g/mol. The molecule has 0 aliphatic rings. The summed E-state index contributed by atoms with van der Waals surface area (Å²) in [6, 6.07) is 0. The molecule has 0 saturated carbocycles. The van der Waals surface area contributed by atoms with Gasteiger partial charge in [-0.15, -0.1) is 20.4 Å². The molecule has 3 rings (SSSR count). The molecule has 0 radical (unpaired) electrons. The lowest BCUT2D eigenvalue weighted by Crippen LogP contribution is -2.16. The molecule has 0 aliphatic heterocycles. The minimum Gasteiger partial charge on any atom is -0.366 e. The number of nitrogens with zero attached hydrogens (tertiary/aromatic N) is 6. The van der Waals surface area contributed by atoms with E-state index in [0.717, 1.165) is 10.8 Å². The fourth-order valence-corrected chi connectivity index (χ4v) is 2.33. The Kier molecular flexibility index (Phi) is 2.14. The largest absolute Gasteiger partial charge is 0.366 e. The van der Waals surface area contributed by atoms with E-state index in [-0.39, 0.29) is 11.4 Å². The highest BCUT2D eigenvalue weighted by Crippen LogP contribution is 2.26. The first-order valence-electron chi connectivity index (χ1n) is 5.36. The van der Waals surface area contributed by atoms with E-state index in [1.807, 2.05) is 0 Å². The van der Waals surface area contributed by atoms with Crippen molar-refractivity contribution >= 4 is 22.2 Å². The molecule has 0 spiro atoms. The van der Waals surface area contributed by atoms with E-state index in [1.54, 1.807) is 4.52 Å². The van der Waals surface area contributed by atoms with E-state index in [4.69, 9.17) is 5.73 Å². The Hall–Kier alpha value is -2.03. The molecule has 0 aliphatic carbocycles. The van der Waals surface area contributed by atoms with Gasteiger partial charge in [0.25, 0.3) is 0 Å². The number of nitrogens with one attached hydrogen (secondary N) is 1. The van der Waals surface area contributed by atoms with Crippen molar-refractivity contribution in [3.63, 3.8) is 0 Å². The van der Waals surface area contributed by atoms with Crippen LogP contribution >= 0.6 is 11.3 Å². The molecule has 0 amide bonds. The van der Waals surface area contributed by atoms with E-state index in [2.05, 4.69) is 51.2 Å². The number of fused-ring (bicyclic) bond motifs is 1. The molecule has 9 heteroatoms. The zero-order chi connectivity index (χ0) is 12.9. The van der Waals surface area contributed by atoms with Crippen LogP contribution in [0.4, 0.5) is 5.95 Å². The van der Waals surface area contributed by atoms with Gasteiger partial charge >= 0.3 is 0 Å². The van der Waals surface area contributed by atoms with Crippen molar-refractivity contribution in [2.45, 2.75) is 26.2 Å². The first-order chi connectivity index (χ1) is 8.45. The molecule has 8 nitrogen and oxygen atoms in total. The van der Waals surface area contributed by atoms with Crippen molar-refractivity contribution in [1.29, 1.82) is 0 Å². The third kappa shape index (κ3) is 1.63. The van der Waals surface area contributed by atoms with Gasteiger partial charge in [0.1, 0.15) is 0 Å². The number of hydrogen-bond acceptors (Lipinski definition) is 7. The minimum absolute atomic E-state index is 0.120. The molecular weight excluding hydrogens is 252 g/mol. The molecular formula is C9H12N8S. The maximum absolute atomic E-state index is 5.47. The van der Waals surface area contributed by atoms with Crippen LogP contribution in [0.15, 0.2) is 0 Å². The number of hydrogen-bond donors (Lipinski definition) is 2. The van der Waals surface area contributed by atoms with E-state index in [0.29, 0.717) is 10.8 Å². The van der Waals surface area contributed by atoms with Gasteiger partial charge in [-0.05, 0) is 0 Å². The van der Waals surface area contributed by atoms with Gasteiger partial charge in [-0.1, -0.05) is 32.1 Å². The van der Waals surface area contributed by atoms with Crippen molar-refractivity contribution in [2.75, 3.05) is 5.73 Å². The number of rotatable bonds is 1. The number of H-pyrrole nitrogens is 1. The Morgan fingerprint density at radius 1 is 1.28 bits per heavy atom. The maximum atomic E-state index is 5.47. The molecule has 3 N–H and O–H groups in total. The van der Waals surface area contributed by atoms with E-state index >= 15 is 0 Å². The van der Waals surface area contributed by atoms with E-state index < -0.39 is 0 Å². The van der Waals surface area contributed by atoms with Crippen molar-refractivity contribution in [1.82, 2.24) is 35.0 Å². The summed E-state index contributed by atoms with van der Waals surface area (Å²) in [6.07, 6.45) is 0. The molecule has 0 bridgehead atoms. The second-order valence-corrected chi connectivity index (χ2v) is 5.87. The zero-order valence-electron chi connectivity index (χ0n) is 10.2. The third-order valence-corrected chi connectivity index (χ3v) is 3.27. The van der Waals surface area contributed by atoms with Gasteiger partial charge < -0.3 is 5.73 Å². The number of anilines is 1. The van der Waals surface area contributed by atoms with Gasteiger partial charge in [0.2, 0.25) is 10.9 Å². The molecule has 0 atom stereocenters. The molecule has 0 fully saturated rings. The van der Waals surface area contributed by atoms with Crippen LogP contribution in [0, 0.1) is 0 Å². The van der Waals surface area contributed by atoms with Crippen LogP contribution in [0.2, 0.25) is 0 Å². The molecule has 0 saturated heterocycles.